The minimum absolute atomic E-state index is 0.0854. The van der Waals surface area contributed by atoms with Crippen molar-refractivity contribution in [2.75, 3.05) is 0 Å². The summed E-state index contributed by atoms with van der Waals surface area (Å²) >= 11 is 0. The summed E-state index contributed by atoms with van der Waals surface area (Å²) in [5.41, 5.74) is 6.61. The highest BCUT2D eigenvalue weighted by Crippen LogP contribution is 2.45. The average Bonchev–Trinajstić information content (AvgIpc) is 3.16. The second-order valence-corrected chi connectivity index (χ2v) is 9.36. The third-order valence-corrected chi connectivity index (χ3v) is 7.32. The minimum Gasteiger partial charge on any atom is -0.478 e. The summed E-state index contributed by atoms with van der Waals surface area (Å²) < 4.78 is 9.01. The third kappa shape index (κ3) is 4.24. The van der Waals surface area contributed by atoms with Gasteiger partial charge in [0, 0.05) is 41.2 Å². The zero-order valence-electron chi connectivity index (χ0n) is 21.2. The first-order chi connectivity index (χ1) is 18.0. The van der Waals surface area contributed by atoms with E-state index in [0.717, 1.165) is 16.7 Å². The van der Waals surface area contributed by atoms with Gasteiger partial charge < -0.3 is 9.30 Å². The van der Waals surface area contributed by atoms with E-state index in [1.807, 2.05) is 78.9 Å². The van der Waals surface area contributed by atoms with Gasteiger partial charge in [-0.05, 0) is 54.8 Å². The Morgan fingerprint density at radius 3 is 2.24 bits per heavy atom. The Labute approximate surface area is 217 Å². The van der Waals surface area contributed by atoms with Crippen LogP contribution in [-0.2, 0) is 17.4 Å². The summed E-state index contributed by atoms with van der Waals surface area (Å²) in [6.45, 7) is 11.9. The van der Waals surface area contributed by atoms with Crippen LogP contribution in [0.25, 0.3) is 21.8 Å². The monoisotopic (exact) mass is 481 g/mol. The van der Waals surface area contributed by atoms with E-state index in [0.29, 0.717) is 17.8 Å². The van der Waals surface area contributed by atoms with Crippen LogP contribution in [0.1, 0.15) is 34.4 Å². The molecule has 4 nitrogen and oxygen atoms in total. The summed E-state index contributed by atoms with van der Waals surface area (Å²) in [6.07, 6.45) is 6.18. The normalized spacial score (nSPS) is 16.1. The lowest BCUT2D eigenvalue weighted by Crippen LogP contribution is -2.34. The Kier molecular flexibility index (Phi) is 6.26. The molecular formula is C33H27N3O. The number of aromatic nitrogens is 1. The van der Waals surface area contributed by atoms with Crippen molar-refractivity contribution < 1.29 is 4.74 Å². The first-order valence-corrected chi connectivity index (χ1v) is 12.2. The van der Waals surface area contributed by atoms with Crippen molar-refractivity contribution in [1.29, 1.82) is 5.26 Å². The Bertz CT molecular complexity index is 1600. The number of hydrogen-bond donors (Lipinski definition) is 0. The van der Waals surface area contributed by atoms with E-state index < -0.39 is 5.60 Å². The molecule has 0 aliphatic carbocycles. The summed E-state index contributed by atoms with van der Waals surface area (Å²) in [4.78, 5) is 3.53. The van der Waals surface area contributed by atoms with Crippen molar-refractivity contribution in [2.24, 2.45) is 7.05 Å². The Balaban J connectivity index is 1.64. The zero-order chi connectivity index (χ0) is 26.0. The Morgan fingerprint density at radius 2 is 1.65 bits per heavy atom. The van der Waals surface area contributed by atoms with Crippen LogP contribution < -0.4 is 0 Å². The predicted octanol–water partition coefficient (Wildman–Crippen LogP) is 7.75. The van der Waals surface area contributed by atoms with Gasteiger partial charge in [0.2, 0.25) is 0 Å². The van der Waals surface area contributed by atoms with Crippen LogP contribution in [0.2, 0.25) is 0 Å². The van der Waals surface area contributed by atoms with E-state index in [4.69, 9.17) is 11.3 Å². The lowest BCUT2D eigenvalue weighted by Gasteiger charge is -2.39. The van der Waals surface area contributed by atoms with Crippen molar-refractivity contribution in [2.45, 2.75) is 25.9 Å². The predicted molar refractivity (Wildman–Crippen MR) is 148 cm³/mol. The molecule has 37 heavy (non-hydrogen) atoms. The number of ether oxygens (including phenoxy) is 1. The number of hydrogen-bond acceptors (Lipinski definition) is 2. The number of nitrogens with zero attached hydrogens (tertiary/aromatic N) is 3. The third-order valence-electron chi connectivity index (χ3n) is 7.32. The molecule has 4 heteroatoms. The maximum atomic E-state index is 9.72. The van der Waals surface area contributed by atoms with Gasteiger partial charge in [0.25, 0.3) is 5.70 Å². The topological polar surface area (TPSA) is 42.3 Å². The molecule has 180 valence electrons. The number of aryl methyl sites for hydroxylation is 2. The van der Waals surface area contributed by atoms with Crippen LogP contribution >= 0.6 is 0 Å². The van der Waals surface area contributed by atoms with Crippen molar-refractivity contribution >= 4 is 17.0 Å². The SMILES string of the molecule is [C-]#[N+]/C(C#N)=C1C=C(/C=C/c2ccc3c(c2)c(C)c(C)n3C)OC(c2ccccc2)(c2ccccc2)C/1. The first-order valence-electron chi connectivity index (χ1n) is 12.2. The smallest absolute Gasteiger partial charge is 0.265 e. The second kappa shape index (κ2) is 9.69. The highest BCUT2D eigenvalue weighted by atomic mass is 16.5. The molecule has 5 rings (SSSR count). The highest BCUT2D eigenvalue weighted by molar-refractivity contribution is 5.87. The maximum absolute atomic E-state index is 9.72. The van der Waals surface area contributed by atoms with E-state index >= 15 is 0 Å². The molecule has 0 bridgehead atoms. The minimum atomic E-state index is -0.865. The van der Waals surface area contributed by atoms with Crippen LogP contribution in [0.5, 0.6) is 0 Å². The van der Waals surface area contributed by atoms with Crippen molar-refractivity contribution in [1.82, 2.24) is 4.57 Å². The van der Waals surface area contributed by atoms with Crippen LogP contribution in [0.4, 0.5) is 0 Å². The lowest BCUT2D eigenvalue weighted by atomic mass is 9.79. The fraction of sp³-hybridized carbons (Fsp3) is 0.152. The molecule has 0 fully saturated rings. The number of fused-ring (bicyclic) bond motifs is 1. The van der Waals surface area contributed by atoms with Gasteiger partial charge in [0.05, 0.1) is 12.6 Å². The van der Waals surface area contributed by atoms with Gasteiger partial charge >= 0.3 is 0 Å². The van der Waals surface area contributed by atoms with E-state index in [-0.39, 0.29) is 5.70 Å². The summed E-state index contributed by atoms with van der Waals surface area (Å²) in [7, 11) is 2.09. The molecule has 0 saturated heterocycles. The Hall–Kier alpha value is -4.80. The molecule has 1 aliphatic rings. The largest absolute Gasteiger partial charge is 0.478 e. The van der Waals surface area contributed by atoms with E-state index in [2.05, 4.69) is 54.6 Å². The van der Waals surface area contributed by atoms with Gasteiger partial charge in [-0.15, -0.1) is 0 Å². The molecule has 0 atom stereocenters. The zero-order valence-corrected chi connectivity index (χ0v) is 21.2. The summed E-state index contributed by atoms with van der Waals surface area (Å²) in [5, 5.41) is 10.9. The molecule has 0 N–H and O–H groups in total. The first kappa shape index (κ1) is 23.9. The van der Waals surface area contributed by atoms with Crippen molar-refractivity contribution in [3.63, 3.8) is 0 Å². The number of allylic oxidation sites excluding steroid dienone is 3. The molecule has 4 aromatic rings. The molecule has 3 aromatic carbocycles. The standard InChI is InChI=1S/C33H27N3O/c1-23-24(2)36(4)32-18-16-25(19-30(23)32)15-17-29-20-26(31(22-34)35-3)21-33(37-29,27-11-7-5-8-12-27)28-13-9-6-10-14-28/h5-20H,21H2,1-2,4H3/b17-15+,31-26-. The average molecular weight is 482 g/mol. The number of benzene rings is 3. The van der Waals surface area contributed by atoms with E-state index in [1.165, 1.54) is 22.2 Å². The van der Waals surface area contributed by atoms with Gasteiger partial charge in [-0.3, -0.25) is 0 Å². The number of rotatable bonds is 4. The van der Waals surface area contributed by atoms with Gasteiger partial charge in [-0.1, -0.05) is 72.8 Å². The van der Waals surface area contributed by atoms with Crippen LogP contribution in [-0.4, -0.2) is 4.57 Å². The van der Waals surface area contributed by atoms with E-state index in [1.54, 1.807) is 0 Å². The van der Waals surface area contributed by atoms with Gasteiger partial charge in [0.1, 0.15) is 5.76 Å². The van der Waals surface area contributed by atoms with E-state index in [9.17, 15) is 5.26 Å². The molecular weight excluding hydrogens is 454 g/mol. The van der Waals surface area contributed by atoms with Crippen molar-refractivity contribution in [3.8, 4) is 6.07 Å². The quantitative estimate of drug-likeness (QED) is 0.221. The fourth-order valence-electron chi connectivity index (χ4n) is 5.12. The van der Waals surface area contributed by atoms with Crippen LogP contribution in [0.3, 0.4) is 0 Å². The van der Waals surface area contributed by atoms with Crippen LogP contribution in [0, 0.1) is 31.8 Å². The summed E-state index contributed by atoms with van der Waals surface area (Å²) in [6, 6.07) is 28.6. The fourth-order valence-corrected chi connectivity index (χ4v) is 5.12. The Morgan fingerprint density at radius 1 is 1.00 bits per heavy atom. The van der Waals surface area contributed by atoms with Crippen molar-refractivity contribution in [3.05, 3.63) is 147 Å². The van der Waals surface area contributed by atoms with Crippen LogP contribution in [0.15, 0.2) is 108 Å². The molecule has 1 aromatic heterocycles. The van der Waals surface area contributed by atoms with Gasteiger partial charge in [-0.25, -0.2) is 10.1 Å². The summed E-state index contributed by atoms with van der Waals surface area (Å²) in [5.74, 6) is 0.603. The molecule has 0 unspecified atom stereocenters. The van der Waals surface area contributed by atoms with Gasteiger partial charge in [0.15, 0.2) is 5.60 Å². The lowest BCUT2D eigenvalue weighted by molar-refractivity contribution is 0.0348. The molecule has 0 saturated carbocycles. The molecule has 0 spiro atoms. The second-order valence-electron chi connectivity index (χ2n) is 9.36. The number of nitriles is 1. The molecule has 0 radical (unpaired) electrons. The molecule has 0 amide bonds. The highest BCUT2D eigenvalue weighted by Gasteiger charge is 2.40. The van der Waals surface area contributed by atoms with Gasteiger partial charge in [-0.2, -0.15) is 0 Å². The molecule has 1 aliphatic heterocycles. The maximum Gasteiger partial charge on any atom is 0.265 e. The molecule has 2 heterocycles.